The lowest BCUT2D eigenvalue weighted by Gasteiger charge is -2.52. The minimum Gasteiger partial charge on any atom is -0.487 e. The Kier molecular flexibility index (Phi) is 4.61. The van der Waals surface area contributed by atoms with Gasteiger partial charge in [-0.1, -0.05) is 13.8 Å². The number of hydrogen-bond acceptors (Lipinski definition) is 5. The predicted octanol–water partition coefficient (Wildman–Crippen LogP) is 2.85. The zero-order valence-electron chi connectivity index (χ0n) is 18.3. The molecule has 5 rings (SSSR count). The molecule has 2 fully saturated rings. The summed E-state index contributed by atoms with van der Waals surface area (Å²) in [5.41, 5.74) is 2.36. The molecule has 1 aliphatic heterocycles. The van der Waals surface area contributed by atoms with Gasteiger partial charge in [-0.3, -0.25) is 9.48 Å². The van der Waals surface area contributed by atoms with Crippen molar-refractivity contribution in [3.05, 3.63) is 30.6 Å². The molecule has 1 saturated heterocycles. The zero-order chi connectivity index (χ0) is 22.6. The molecule has 2 amide bonds. The van der Waals surface area contributed by atoms with E-state index >= 15 is 0 Å². The molecular formula is C22H26N6O4. The third kappa shape index (κ3) is 3.55. The third-order valence-electron chi connectivity index (χ3n) is 6.34. The van der Waals surface area contributed by atoms with Gasteiger partial charge in [-0.15, -0.1) is 0 Å². The van der Waals surface area contributed by atoms with Gasteiger partial charge in [0.15, 0.2) is 11.6 Å². The topological polar surface area (TPSA) is 114 Å². The van der Waals surface area contributed by atoms with Gasteiger partial charge in [0.05, 0.1) is 17.8 Å². The average molecular weight is 438 g/mol. The van der Waals surface area contributed by atoms with Gasteiger partial charge >= 0.3 is 6.09 Å². The van der Waals surface area contributed by atoms with Crippen LogP contribution in [0.2, 0.25) is 0 Å². The van der Waals surface area contributed by atoms with Gasteiger partial charge in [-0.25, -0.2) is 9.31 Å². The summed E-state index contributed by atoms with van der Waals surface area (Å²) >= 11 is 0. The van der Waals surface area contributed by atoms with Gasteiger partial charge in [-0.05, 0) is 25.0 Å². The van der Waals surface area contributed by atoms with E-state index in [2.05, 4.69) is 15.5 Å². The summed E-state index contributed by atoms with van der Waals surface area (Å²) in [5.74, 6) is 1.25. The largest absolute Gasteiger partial charge is 0.487 e. The molecule has 2 N–H and O–H groups in total. The summed E-state index contributed by atoms with van der Waals surface area (Å²) in [4.78, 5) is 24.9. The number of rotatable bonds is 6. The number of anilines is 1. The van der Waals surface area contributed by atoms with E-state index in [1.807, 2.05) is 45.3 Å². The van der Waals surface area contributed by atoms with Gasteiger partial charge in [-0.2, -0.15) is 10.2 Å². The van der Waals surface area contributed by atoms with Gasteiger partial charge < -0.3 is 20.1 Å². The quantitative estimate of drug-likeness (QED) is 0.612. The van der Waals surface area contributed by atoms with Gasteiger partial charge in [0.2, 0.25) is 5.91 Å². The Labute approximate surface area is 184 Å². The minimum atomic E-state index is -0.930. The second kappa shape index (κ2) is 7.25. The van der Waals surface area contributed by atoms with Crippen LogP contribution in [-0.4, -0.2) is 60.6 Å². The number of likely N-dealkylation sites (tertiary alicyclic amines) is 1. The Balaban J connectivity index is 1.37. The SMILES string of the molecule is Cn1ncc(OC[C@H]2N(C(=O)O)CC2(C)C)c1-c1ccn2nc(NC(=O)C3CC3)cc2c1. The first-order valence-electron chi connectivity index (χ1n) is 10.7. The fourth-order valence-corrected chi connectivity index (χ4v) is 4.28. The van der Waals surface area contributed by atoms with Crippen molar-refractivity contribution >= 4 is 23.3 Å². The van der Waals surface area contributed by atoms with Crippen LogP contribution >= 0.6 is 0 Å². The van der Waals surface area contributed by atoms with Crippen molar-refractivity contribution in [1.82, 2.24) is 24.3 Å². The van der Waals surface area contributed by atoms with Crippen molar-refractivity contribution in [1.29, 1.82) is 0 Å². The van der Waals surface area contributed by atoms with Crippen molar-refractivity contribution in [2.45, 2.75) is 32.7 Å². The molecule has 1 aliphatic carbocycles. The number of aryl methyl sites for hydroxylation is 1. The number of carboxylic acid groups (broad SMARTS) is 1. The van der Waals surface area contributed by atoms with Crippen LogP contribution in [0.1, 0.15) is 26.7 Å². The number of hydrogen-bond donors (Lipinski definition) is 2. The second-order valence-corrected chi connectivity index (χ2v) is 9.28. The lowest BCUT2D eigenvalue weighted by molar-refractivity contribution is -0.117. The molecule has 0 radical (unpaired) electrons. The molecule has 168 valence electrons. The average Bonchev–Trinajstić information content (AvgIpc) is 3.41. The summed E-state index contributed by atoms with van der Waals surface area (Å²) in [6, 6.07) is 5.48. The van der Waals surface area contributed by atoms with Crippen molar-refractivity contribution in [3.63, 3.8) is 0 Å². The highest BCUT2D eigenvalue weighted by Crippen LogP contribution is 2.38. The molecule has 10 heteroatoms. The molecule has 32 heavy (non-hydrogen) atoms. The van der Waals surface area contributed by atoms with E-state index in [9.17, 15) is 14.7 Å². The second-order valence-electron chi connectivity index (χ2n) is 9.28. The minimum absolute atomic E-state index is 0.0188. The van der Waals surface area contributed by atoms with Crippen molar-refractivity contribution < 1.29 is 19.4 Å². The molecule has 0 spiro atoms. The Bertz CT molecular complexity index is 1210. The van der Waals surface area contributed by atoms with E-state index < -0.39 is 6.09 Å². The van der Waals surface area contributed by atoms with Crippen LogP contribution in [0.4, 0.5) is 10.6 Å². The smallest absolute Gasteiger partial charge is 0.407 e. The van der Waals surface area contributed by atoms with Gasteiger partial charge in [0.25, 0.3) is 0 Å². The van der Waals surface area contributed by atoms with Crippen molar-refractivity contribution in [3.8, 4) is 17.0 Å². The number of carbonyl (C=O) groups is 2. The zero-order valence-corrected chi connectivity index (χ0v) is 18.3. The Morgan fingerprint density at radius 1 is 1.31 bits per heavy atom. The highest BCUT2D eigenvalue weighted by Gasteiger charge is 2.48. The van der Waals surface area contributed by atoms with Gasteiger partial charge in [0.1, 0.15) is 12.3 Å². The number of nitrogens with one attached hydrogen (secondary N) is 1. The van der Waals surface area contributed by atoms with Crippen LogP contribution in [0, 0.1) is 11.3 Å². The van der Waals surface area contributed by atoms with E-state index in [-0.39, 0.29) is 29.9 Å². The number of aromatic nitrogens is 4. The molecule has 10 nitrogen and oxygen atoms in total. The van der Waals surface area contributed by atoms with Crippen LogP contribution in [0.5, 0.6) is 5.75 Å². The molecule has 4 heterocycles. The van der Waals surface area contributed by atoms with E-state index in [0.29, 0.717) is 18.1 Å². The monoisotopic (exact) mass is 438 g/mol. The first-order chi connectivity index (χ1) is 15.2. The first kappa shape index (κ1) is 20.3. The maximum atomic E-state index is 12.0. The molecule has 0 unspecified atom stereocenters. The van der Waals surface area contributed by atoms with E-state index in [4.69, 9.17) is 4.74 Å². The summed E-state index contributed by atoms with van der Waals surface area (Å²) < 4.78 is 9.51. The van der Waals surface area contributed by atoms with E-state index in [1.54, 1.807) is 15.4 Å². The van der Waals surface area contributed by atoms with Crippen LogP contribution < -0.4 is 10.1 Å². The van der Waals surface area contributed by atoms with Crippen LogP contribution in [0.25, 0.3) is 16.8 Å². The number of fused-ring (bicyclic) bond motifs is 1. The van der Waals surface area contributed by atoms with Crippen LogP contribution in [0.15, 0.2) is 30.6 Å². The van der Waals surface area contributed by atoms with E-state index in [1.165, 1.54) is 4.90 Å². The van der Waals surface area contributed by atoms with Crippen LogP contribution in [0.3, 0.4) is 0 Å². The number of ether oxygens (including phenoxy) is 1. The lowest BCUT2D eigenvalue weighted by Crippen LogP contribution is -2.65. The number of carbonyl (C=O) groups excluding carboxylic acids is 1. The van der Waals surface area contributed by atoms with Crippen LogP contribution in [-0.2, 0) is 11.8 Å². The van der Waals surface area contributed by atoms with Crippen molar-refractivity contribution in [2.75, 3.05) is 18.5 Å². The molecule has 0 aromatic carbocycles. The number of amides is 2. The fourth-order valence-electron chi connectivity index (χ4n) is 4.28. The highest BCUT2D eigenvalue weighted by molar-refractivity contribution is 5.93. The maximum Gasteiger partial charge on any atom is 0.407 e. The summed E-state index contributed by atoms with van der Waals surface area (Å²) in [6.07, 6.45) is 4.42. The van der Waals surface area contributed by atoms with Gasteiger partial charge in [0, 0.05) is 42.8 Å². The molecule has 3 aromatic rings. The molecule has 3 aromatic heterocycles. The predicted molar refractivity (Wildman–Crippen MR) is 117 cm³/mol. The highest BCUT2D eigenvalue weighted by atomic mass is 16.5. The number of pyridine rings is 1. The van der Waals surface area contributed by atoms with Crippen molar-refractivity contribution in [2.24, 2.45) is 18.4 Å². The fraction of sp³-hybridized carbons (Fsp3) is 0.455. The molecule has 0 bridgehead atoms. The lowest BCUT2D eigenvalue weighted by atomic mass is 9.75. The number of nitrogens with zero attached hydrogens (tertiary/aromatic N) is 5. The molecule has 2 aliphatic rings. The van der Waals surface area contributed by atoms with E-state index in [0.717, 1.165) is 29.6 Å². The standard InChI is InChI=1S/C22H26N6O4/c1-22(2)12-27(21(30)31)17(22)11-32-16-10-23-26(3)19(16)14-6-7-28-15(8-14)9-18(25-28)24-20(29)13-4-5-13/h6-10,13,17H,4-5,11-12H2,1-3H3,(H,30,31)(H,24,25,29)/t17-/m1/s1. The normalized spacial score (nSPS) is 19.6. The molecule has 1 saturated carbocycles. The summed E-state index contributed by atoms with van der Waals surface area (Å²) in [5, 5.41) is 21.0. The summed E-state index contributed by atoms with van der Waals surface area (Å²) in [6.45, 7) is 4.83. The molecular weight excluding hydrogens is 412 g/mol. The Morgan fingerprint density at radius 2 is 2.09 bits per heavy atom. The molecule has 1 atom stereocenters. The third-order valence-corrected chi connectivity index (χ3v) is 6.34. The summed E-state index contributed by atoms with van der Waals surface area (Å²) in [7, 11) is 1.83. The Morgan fingerprint density at radius 3 is 2.78 bits per heavy atom. The maximum absolute atomic E-state index is 12.0. The Hall–Kier alpha value is -3.56. The first-order valence-corrected chi connectivity index (χ1v) is 10.7.